The van der Waals surface area contributed by atoms with E-state index < -0.39 is 4.74 Å². The minimum Gasteiger partial charge on any atom is -0.0818 e. The van der Waals surface area contributed by atoms with E-state index in [2.05, 4.69) is 0 Å². The van der Waals surface area contributed by atoms with E-state index in [1.54, 1.807) is 0 Å². The summed E-state index contributed by atoms with van der Waals surface area (Å²) >= 11 is 45.7. The van der Waals surface area contributed by atoms with Gasteiger partial charge in [0.1, 0.15) is 4.74 Å². The Morgan fingerprint density at radius 3 is 1.20 bits per heavy atom. The molecular weight excluding hydrogens is 383 g/mol. The van der Waals surface area contributed by atoms with Crippen molar-refractivity contribution in [1.82, 2.24) is 0 Å². The first-order valence-corrected chi connectivity index (χ1v) is 9.69. The van der Waals surface area contributed by atoms with Crippen molar-refractivity contribution in [3.05, 3.63) is 25.1 Å². The van der Waals surface area contributed by atoms with Gasteiger partial charge in [0, 0.05) is 0 Å². The zero-order chi connectivity index (χ0) is 12.0. The van der Waals surface area contributed by atoms with Crippen LogP contribution in [0.25, 0.3) is 0 Å². The fourth-order valence-electron chi connectivity index (χ4n) is 0.822. The van der Waals surface area contributed by atoms with Crippen molar-refractivity contribution in [3.63, 3.8) is 0 Å². The molecule has 0 unspecified atom stereocenters. The molecule has 0 bridgehead atoms. The van der Waals surface area contributed by atoms with E-state index in [1.165, 1.54) is 0 Å². The fourth-order valence-corrected chi connectivity index (χ4v) is 5.92. The second-order valence-corrected chi connectivity index (χ2v) is 12.0. The zero-order valence-electron chi connectivity index (χ0n) is 6.50. The maximum atomic E-state index is 5.89. The molecule has 0 saturated carbocycles. The van der Waals surface area contributed by atoms with Gasteiger partial charge in [-0.25, -0.2) is 0 Å². The molecule has 0 heterocycles. The second-order valence-electron chi connectivity index (χ2n) is 2.38. The van der Waals surface area contributed by atoms with Crippen LogP contribution in [0.3, 0.4) is 0 Å². The van der Waals surface area contributed by atoms with E-state index in [1.807, 2.05) is 0 Å². The van der Waals surface area contributed by atoms with Crippen LogP contribution in [0.4, 0.5) is 0 Å². The van der Waals surface area contributed by atoms with Crippen molar-refractivity contribution in [3.8, 4) is 0 Å². The van der Waals surface area contributed by atoms with Gasteiger partial charge in [-0.1, -0.05) is 92.3 Å². The Balaban J connectivity index is 3.76. The molecular formula is C6Cl7PS. The first-order valence-electron chi connectivity index (χ1n) is 3.19. The van der Waals surface area contributed by atoms with Gasteiger partial charge in [-0.3, -0.25) is 0 Å². The van der Waals surface area contributed by atoms with Gasteiger partial charge in [-0.05, 0) is 0 Å². The lowest BCUT2D eigenvalue weighted by Gasteiger charge is -2.14. The van der Waals surface area contributed by atoms with Gasteiger partial charge in [-0.15, -0.1) is 0 Å². The molecule has 0 spiro atoms. The van der Waals surface area contributed by atoms with E-state index in [0.717, 1.165) is 0 Å². The number of hydrogen-bond donors (Lipinski definition) is 0. The quantitative estimate of drug-likeness (QED) is 0.309. The van der Waals surface area contributed by atoms with Crippen molar-refractivity contribution in [2.45, 2.75) is 0 Å². The van der Waals surface area contributed by atoms with Gasteiger partial charge >= 0.3 is 0 Å². The highest BCUT2D eigenvalue weighted by Crippen LogP contribution is 2.60. The van der Waals surface area contributed by atoms with Gasteiger partial charge in [0.05, 0.1) is 30.4 Å². The van der Waals surface area contributed by atoms with Crippen LogP contribution in [-0.4, -0.2) is 0 Å². The topological polar surface area (TPSA) is 0 Å². The Morgan fingerprint density at radius 1 is 0.667 bits per heavy atom. The minimum absolute atomic E-state index is 0.0401. The van der Waals surface area contributed by atoms with Crippen LogP contribution in [0.1, 0.15) is 0 Å². The number of rotatable bonds is 1. The van der Waals surface area contributed by atoms with Crippen molar-refractivity contribution < 1.29 is 0 Å². The molecule has 1 aromatic rings. The van der Waals surface area contributed by atoms with Gasteiger partial charge in [0.15, 0.2) is 0 Å². The monoisotopic (exact) mass is 380 g/mol. The van der Waals surface area contributed by atoms with Crippen LogP contribution in [0.2, 0.25) is 25.1 Å². The van der Waals surface area contributed by atoms with Gasteiger partial charge in [-0.2, -0.15) is 0 Å². The summed E-state index contributed by atoms with van der Waals surface area (Å²) in [6.45, 7) is 0. The number of benzene rings is 1. The Hall–Kier alpha value is 1.90. The minimum atomic E-state index is -2.88. The summed E-state index contributed by atoms with van der Waals surface area (Å²) in [6.07, 6.45) is 0. The lowest BCUT2D eigenvalue weighted by molar-refractivity contribution is 1.75. The third-order valence-electron chi connectivity index (χ3n) is 1.45. The SMILES string of the molecule is S=P(Cl)(Cl)c1c(Cl)c(Cl)c(Cl)c(Cl)c1Cl. The molecule has 9 heteroatoms. The molecule has 0 aliphatic heterocycles. The smallest absolute Gasteiger partial charge is 0.0818 e. The molecule has 0 fully saturated rings. The van der Waals surface area contributed by atoms with E-state index in [-0.39, 0.29) is 30.4 Å². The summed E-state index contributed by atoms with van der Waals surface area (Å²) in [5.74, 6) is 0. The highest BCUT2D eigenvalue weighted by molar-refractivity contribution is 8.42. The summed E-state index contributed by atoms with van der Waals surface area (Å²) < 4.78 is -2.88. The Kier molecular flexibility index (Phi) is 5.25. The van der Waals surface area contributed by atoms with Gasteiger partial charge in [0.2, 0.25) is 0 Å². The van der Waals surface area contributed by atoms with Crippen LogP contribution in [0.5, 0.6) is 0 Å². The Labute approximate surface area is 126 Å². The van der Waals surface area contributed by atoms with E-state index in [0.29, 0.717) is 0 Å². The summed E-state index contributed by atoms with van der Waals surface area (Å²) in [5, 5.41) is 0.391. The predicted molar refractivity (Wildman–Crippen MR) is 77.1 cm³/mol. The normalized spacial score (nSPS) is 11.9. The van der Waals surface area contributed by atoms with E-state index in [4.69, 9.17) is 92.3 Å². The molecule has 0 N–H and O–H groups in total. The van der Waals surface area contributed by atoms with Crippen molar-refractivity contribution in [1.29, 1.82) is 0 Å². The van der Waals surface area contributed by atoms with Crippen LogP contribution in [0, 0.1) is 0 Å². The molecule has 0 aromatic heterocycles. The third kappa shape index (κ3) is 3.02. The Morgan fingerprint density at radius 2 is 0.933 bits per heavy atom. The largest absolute Gasteiger partial charge is 0.150 e. The molecule has 1 aromatic carbocycles. The highest BCUT2D eigenvalue weighted by atomic mass is 35.9. The molecule has 0 radical (unpaired) electrons. The molecule has 0 aliphatic rings. The average molecular weight is 383 g/mol. The lowest BCUT2D eigenvalue weighted by atomic mass is 10.3. The van der Waals surface area contributed by atoms with Crippen LogP contribution in [0.15, 0.2) is 0 Å². The molecule has 0 atom stereocenters. The van der Waals surface area contributed by atoms with E-state index in [9.17, 15) is 0 Å². The summed E-state index contributed by atoms with van der Waals surface area (Å²) in [7, 11) is 0. The van der Waals surface area contributed by atoms with Gasteiger partial charge in [0.25, 0.3) is 0 Å². The number of halogens is 7. The van der Waals surface area contributed by atoms with Crippen LogP contribution in [-0.2, 0) is 11.8 Å². The number of hydrogen-bond acceptors (Lipinski definition) is 1. The molecule has 84 valence electrons. The highest BCUT2D eigenvalue weighted by Gasteiger charge is 2.27. The van der Waals surface area contributed by atoms with Crippen molar-refractivity contribution >= 4 is 102 Å². The van der Waals surface area contributed by atoms with E-state index >= 15 is 0 Å². The molecule has 0 nitrogen and oxygen atoms in total. The fraction of sp³-hybridized carbons (Fsp3) is 0. The maximum absolute atomic E-state index is 5.89. The summed E-state index contributed by atoms with van der Waals surface area (Å²) in [5.41, 5.74) is 0. The lowest BCUT2D eigenvalue weighted by Crippen LogP contribution is -2.04. The molecule has 0 saturated heterocycles. The molecule has 0 aliphatic carbocycles. The average Bonchev–Trinajstić information content (AvgIpc) is 2.09. The first-order chi connectivity index (χ1) is 6.68. The summed E-state index contributed by atoms with van der Waals surface area (Å²) in [4.78, 5) is 0. The molecule has 0 amide bonds. The van der Waals surface area contributed by atoms with Crippen LogP contribution < -0.4 is 5.30 Å². The molecule has 1 rings (SSSR count). The summed E-state index contributed by atoms with van der Waals surface area (Å²) in [6, 6.07) is 0. The second kappa shape index (κ2) is 5.26. The molecule has 15 heavy (non-hydrogen) atoms. The maximum Gasteiger partial charge on any atom is 0.150 e. The van der Waals surface area contributed by atoms with Crippen molar-refractivity contribution in [2.24, 2.45) is 0 Å². The predicted octanol–water partition coefficient (Wildman–Crippen LogP) is 6.37. The standard InChI is InChI=1S/C6Cl7PS/c7-1-2(8)4(10)6(14(12,13)15)5(11)3(1)9. The third-order valence-corrected chi connectivity index (χ3v) is 6.52. The zero-order valence-corrected chi connectivity index (χ0v) is 13.5. The van der Waals surface area contributed by atoms with Crippen LogP contribution >= 0.6 is 85.2 Å². The first kappa shape index (κ1) is 15.0. The van der Waals surface area contributed by atoms with Crippen molar-refractivity contribution in [2.75, 3.05) is 0 Å². The van der Waals surface area contributed by atoms with Gasteiger partial charge < -0.3 is 0 Å². The Bertz CT molecular complexity index is 436.